The van der Waals surface area contributed by atoms with Crippen molar-refractivity contribution in [2.45, 2.75) is 76.4 Å². The van der Waals surface area contributed by atoms with Gasteiger partial charge in [0.15, 0.2) is 0 Å². The van der Waals surface area contributed by atoms with Gasteiger partial charge in [-0.3, -0.25) is 34.0 Å². The van der Waals surface area contributed by atoms with Gasteiger partial charge in [0.1, 0.15) is 12.1 Å². The molecule has 0 aromatic heterocycles. The molecule has 6 N–H and O–H groups in total. The van der Waals surface area contributed by atoms with Crippen LogP contribution in [0, 0.1) is 0 Å². The number of carboxylic acids is 6. The first kappa shape index (κ1) is 59.2. The normalized spacial score (nSPS) is 15.3. The maximum Gasteiger partial charge on any atom is 3.00 e. The van der Waals surface area contributed by atoms with E-state index in [1.54, 1.807) is 19.6 Å². The number of urea groups is 1. The van der Waals surface area contributed by atoms with Crippen LogP contribution in [0.15, 0.2) is 28.7 Å². The Bertz CT molecular complexity index is 1720. The summed E-state index contributed by atoms with van der Waals surface area (Å²) in [6, 6.07) is 3.40. The molecular weight excluding hydrogens is 992 g/mol. The van der Waals surface area contributed by atoms with Gasteiger partial charge in [-0.15, -0.1) is 0 Å². The van der Waals surface area contributed by atoms with Crippen molar-refractivity contribution in [2.24, 2.45) is 0 Å². The first-order chi connectivity index (χ1) is 30.8. The number of benzene rings is 1. The summed E-state index contributed by atoms with van der Waals surface area (Å²) in [5.41, 5.74) is 0.859. The van der Waals surface area contributed by atoms with Gasteiger partial charge in [0, 0.05) is 109 Å². The van der Waals surface area contributed by atoms with E-state index < -0.39 is 86.4 Å². The van der Waals surface area contributed by atoms with Gasteiger partial charge in [0.05, 0.1) is 24.5 Å². The van der Waals surface area contributed by atoms with Crippen LogP contribution < -0.4 is 31.3 Å². The van der Waals surface area contributed by atoms with E-state index in [9.17, 15) is 68.7 Å². The second-order valence-electron chi connectivity index (χ2n) is 15.7. The van der Waals surface area contributed by atoms with Crippen LogP contribution in [0.1, 0.15) is 63.4 Å². The zero-order valence-corrected chi connectivity index (χ0v) is 40.9. The molecule has 25 heteroatoms. The average molecular weight is 1050 g/mol. The second kappa shape index (κ2) is 32.8. The number of carboxylic acid groups (broad SMARTS) is 6. The van der Waals surface area contributed by atoms with E-state index in [0.717, 1.165) is 10.0 Å². The van der Waals surface area contributed by atoms with Gasteiger partial charge < -0.3 is 65.9 Å². The van der Waals surface area contributed by atoms with E-state index in [1.165, 1.54) is 4.90 Å². The fraction of sp³-hybridized carbons (Fsp3) is 0.634. The molecule has 2 atom stereocenters. The molecule has 2 rings (SSSR count). The van der Waals surface area contributed by atoms with Crippen molar-refractivity contribution < 1.29 is 73.8 Å². The molecule has 0 bridgehead atoms. The molecule has 1 heterocycles. The summed E-state index contributed by atoms with van der Waals surface area (Å²) in [6.45, 7) is 1.19. The number of hydrogen-bond donors (Lipinski definition) is 6. The van der Waals surface area contributed by atoms with E-state index in [4.69, 9.17) is 5.11 Å². The number of carbonyl (C=O) groups is 9. The Morgan fingerprint density at radius 1 is 0.606 bits per heavy atom. The summed E-state index contributed by atoms with van der Waals surface area (Å²) in [6.07, 6.45) is 1.55. The smallest absolute Gasteiger partial charge is 0.549 e. The monoisotopic (exact) mass is 1050 g/mol. The summed E-state index contributed by atoms with van der Waals surface area (Å²) in [5, 5.41) is 69.2. The number of rotatable bonds is 28. The number of amides is 4. The molecule has 66 heavy (non-hydrogen) atoms. The maximum absolute atomic E-state index is 13.5. The Labute approximate surface area is 404 Å². The van der Waals surface area contributed by atoms with E-state index >= 15 is 0 Å². The zero-order chi connectivity index (χ0) is 48.3. The topological polar surface area (TPSA) is 336 Å². The first-order valence-electron chi connectivity index (χ1n) is 21.3. The minimum absolute atomic E-state index is 0. The van der Waals surface area contributed by atoms with Crippen molar-refractivity contribution in [3.8, 4) is 0 Å². The van der Waals surface area contributed by atoms with E-state index in [1.807, 2.05) is 24.3 Å². The van der Waals surface area contributed by atoms with E-state index in [-0.39, 0.29) is 123 Å². The van der Waals surface area contributed by atoms with Crippen LogP contribution in [-0.4, -0.2) is 217 Å². The molecule has 1 fully saturated rings. The van der Waals surface area contributed by atoms with Crippen LogP contribution in [0.5, 0.6) is 0 Å². The predicted molar refractivity (Wildman–Crippen MR) is 233 cm³/mol. The molecule has 4 amide bonds. The van der Waals surface area contributed by atoms with Gasteiger partial charge in [0.2, 0.25) is 11.8 Å². The maximum atomic E-state index is 13.5. The third-order valence-electron chi connectivity index (χ3n) is 10.4. The van der Waals surface area contributed by atoms with Crippen molar-refractivity contribution in [2.75, 3.05) is 91.6 Å². The first-order valence-corrected chi connectivity index (χ1v) is 22.1. The minimum atomic E-state index is -1.54. The second-order valence-corrected chi connectivity index (χ2v) is 16.6. The molecular formula is C41H60BrGaN8O15. The van der Waals surface area contributed by atoms with Crippen molar-refractivity contribution >= 4 is 89.4 Å². The SMILES string of the molecule is O=C([O-])CN1CCN(CC(=O)[O-])CCN(CC(=O)NCCCCCC(=O)N(CCCC[C@H](NC(=O)N[C@@H](CCC(=O)O)C(=O)O)C(=O)O)Cc2ccc(Br)cc2)CCN(CC(=O)[O-])CC1.[68Ga+3]. The number of aliphatic carboxylic acids is 6. The van der Waals surface area contributed by atoms with Crippen LogP contribution in [0.2, 0.25) is 0 Å². The van der Waals surface area contributed by atoms with Crippen LogP contribution >= 0.6 is 15.9 Å². The Morgan fingerprint density at radius 2 is 1.06 bits per heavy atom. The third kappa shape index (κ3) is 27.0. The van der Waals surface area contributed by atoms with Crippen molar-refractivity contribution in [1.82, 2.24) is 40.4 Å². The number of unbranched alkanes of at least 4 members (excludes halogenated alkanes) is 3. The van der Waals surface area contributed by atoms with Gasteiger partial charge in [-0.1, -0.05) is 34.5 Å². The standard InChI is InChI=1S/C41H63BrN8O15.Ga/c42-30-10-8-29(9-11-30)24-50(15-5-3-6-31(39(61)62)44-41(65)45-32(40(63)64)12-13-35(53)54)34(52)7-2-1-4-14-43-33(51)25-46-16-18-47(26-36(55)56)20-22-49(28-38(59)60)23-21-48(19-17-46)27-37(57)58;/h8-11,31-32H,1-7,12-28H2,(H,43,51)(H,53,54)(H,55,56)(H,57,58)(H,59,60)(H,61,62)(H,63,64)(H2,44,45,65);/q;+3/p-3/t31-,32-;/m0./s1/i;1-2. The summed E-state index contributed by atoms with van der Waals surface area (Å²) in [7, 11) is 0. The van der Waals surface area contributed by atoms with Crippen molar-refractivity contribution in [3.63, 3.8) is 0 Å². The molecule has 0 saturated carbocycles. The molecule has 1 aliphatic heterocycles. The molecule has 23 nitrogen and oxygen atoms in total. The number of hydrogen-bond acceptors (Lipinski definition) is 16. The number of carbonyl (C=O) groups excluding carboxylic acids is 6. The largest absolute Gasteiger partial charge is 3.00 e. The van der Waals surface area contributed by atoms with Gasteiger partial charge in [-0.25, -0.2) is 14.4 Å². The summed E-state index contributed by atoms with van der Waals surface area (Å²) in [4.78, 5) is 115. The molecule has 1 aromatic carbocycles. The summed E-state index contributed by atoms with van der Waals surface area (Å²) < 4.78 is 0.851. The van der Waals surface area contributed by atoms with Crippen molar-refractivity contribution in [1.29, 1.82) is 0 Å². The summed E-state index contributed by atoms with van der Waals surface area (Å²) >= 11 is 3.39. The number of nitrogens with zero attached hydrogens (tertiary/aromatic N) is 5. The van der Waals surface area contributed by atoms with Crippen LogP contribution in [0.4, 0.5) is 4.79 Å². The minimum Gasteiger partial charge on any atom is -0.549 e. The molecule has 0 spiro atoms. The van der Waals surface area contributed by atoms with Crippen LogP contribution in [-0.2, 0) is 44.9 Å². The van der Waals surface area contributed by atoms with E-state index in [0.29, 0.717) is 32.2 Å². The third-order valence-corrected chi connectivity index (χ3v) is 10.9. The van der Waals surface area contributed by atoms with Gasteiger partial charge in [-0.2, -0.15) is 0 Å². The Hall–Kier alpha value is -4.79. The molecule has 1 saturated heterocycles. The summed E-state index contributed by atoms with van der Waals surface area (Å²) in [5.74, 6) is -8.51. The molecule has 1 aromatic rings. The van der Waals surface area contributed by atoms with Gasteiger partial charge in [0.25, 0.3) is 0 Å². The van der Waals surface area contributed by atoms with E-state index in [2.05, 4.69) is 31.9 Å². The quantitative estimate of drug-likeness (QED) is 0.0342. The van der Waals surface area contributed by atoms with Gasteiger partial charge >= 0.3 is 43.7 Å². The molecule has 1 aliphatic rings. The number of halogens is 1. The Balaban J connectivity index is 0.0000218. The van der Waals surface area contributed by atoms with Crippen molar-refractivity contribution in [3.05, 3.63) is 34.3 Å². The molecule has 0 unspecified atom stereocenters. The molecule has 364 valence electrons. The Morgan fingerprint density at radius 3 is 1.50 bits per heavy atom. The zero-order valence-electron chi connectivity index (χ0n) is 36.9. The van der Waals surface area contributed by atoms with Gasteiger partial charge in [-0.05, 0) is 56.2 Å². The molecule has 0 aliphatic carbocycles. The number of nitrogens with one attached hydrogen (secondary N) is 3. The fourth-order valence-electron chi connectivity index (χ4n) is 6.88. The predicted octanol–water partition coefficient (Wildman–Crippen LogP) is -4.21. The fourth-order valence-corrected chi connectivity index (χ4v) is 7.14. The van der Waals surface area contributed by atoms with Crippen LogP contribution in [0.25, 0.3) is 0 Å². The Kier molecular flexibility index (Phi) is 29.4. The molecule has 0 radical (unpaired) electrons. The van der Waals surface area contributed by atoms with Crippen LogP contribution in [0.3, 0.4) is 0 Å². The average Bonchev–Trinajstić information content (AvgIpc) is 3.22.